The van der Waals surface area contributed by atoms with Crippen molar-refractivity contribution in [3.05, 3.63) is 39.5 Å². The highest BCUT2D eigenvalue weighted by Gasteiger charge is 2.20. The molecule has 7 nitrogen and oxygen atoms in total. The summed E-state index contributed by atoms with van der Waals surface area (Å²) in [6.45, 7) is 1.15. The van der Waals surface area contributed by atoms with Crippen molar-refractivity contribution in [2.45, 2.75) is 32.0 Å². The Bertz CT molecular complexity index is 830. The quantitative estimate of drug-likeness (QED) is 0.730. The molecule has 1 aliphatic carbocycles. The molecule has 4 rings (SSSR count). The van der Waals surface area contributed by atoms with Crippen LogP contribution in [0.3, 0.4) is 0 Å². The van der Waals surface area contributed by atoms with Gasteiger partial charge in [0.05, 0.1) is 17.4 Å². The third-order valence-electron chi connectivity index (χ3n) is 3.41. The third-order valence-corrected chi connectivity index (χ3v) is 4.31. The van der Waals surface area contributed by atoms with Crippen molar-refractivity contribution >= 4 is 21.6 Å². The lowest BCUT2D eigenvalue weighted by atomic mass is 10.4. The molecule has 1 saturated carbocycles. The number of fused-ring (bicyclic) bond motifs is 1. The van der Waals surface area contributed by atoms with Gasteiger partial charge in [0.1, 0.15) is 17.1 Å². The molecule has 0 aromatic carbocycles. The van der Waals surface area contributed by atoms with E-state index >= 15 is 0 Å². The molecular weight excluding hydrogens is 288 g/mol. The van der Waals surface area contributed by atoms with Crippen molar-refractivity contribution in [3.63, 3.8) is 0 Å². The van der Waals surface area contributed by atoms with Gasteiger partial charge in [-0.3, -0.25) is 4.79 Å². The first-order valence-electron chi connectivity index (χ1n) is 6.87. The Hall–Kier alpha value is -2.06. The fraction of sp³-hybridized carbons (Fsp3) is 0.385. The Balaban J connectivity index is 1.52. The zero-order valence-electron chi connectivity index (χ0n) is 11.2. The fourth-order valence-electron chi connectivity index (χ4n) is 2.18. The van der Waals surface area contributed by atoms with Gasteiger partial charge in [0.25, 0.3) is 5.56 Å². The number of aromatic nitrogens is 5. The highest BCUT2D eigenvalue weighted by Crippen LogP contribution is 2.19. The van der Waals surface area contributed by atoms with Gasteiger partial charge in [0.2, 0.25) is 0 Å². The van der Waals surface area contributed by atoms with Gasteiger partial charge in [0, 0.05) is 12.6 Å². The van der Waals surface area contributed by atoms with Crippen molar-refractivity contribution in [1.29, 1.82) is 0 Å². The van der Waals surface area contributed by atoms with Crippen LogP contribution in [0, 0.1) is 0 Å². The highest BCUT2D eigenvalue weighted by atomic mass is 32.1. The number of thiophene rings is 1. The molecule has 3 aromatic rings. The van der Waals surface area contributed by atoms with Crippen molar-refractivity contribution in [1.82, 2.24) is 30.3 Å². The van der Waals surface area contributed by atoms with Gasteiger partial charge >= 0.3 is 0 Å². The summed E-state index contributed by atoms with van der Waals surface area (Å²) in [5.74, 6) is 0.595. The minimum Gasteiger partial charge on any atom is -0.308 e. The molecule has 0 spiro atoms. The molecule has 3 aromatic heterocycles. The van der Waals surface area contributed by atoms with E-state index in [1.54, 1.807) is 4.68 Å². The van der Waals surface area contributed by atoms with Crippen LogP contribution in [0.1, 0.15) is 24.4 Å². The summed E-state index contributed by atoms with van der Waals surface area (Å²) < 4.78 is 2.35. The first kappa shape index (κ1) is 12.7. The van der Waals surface area contributed by atoms with Crippen molar-refractivity contribution in [3.8, 4) is 0 Å². The lowest BCUT2D eigenvalue weighted by Crippen LogP contribution is -2.15. The summed E-state index contributed by atoms with van der Waals surface area (Å²) in [6.07, 6.45) is 4.38. The molecule has 2 N–H and O–H groups in total. The summed E-state index contributed by atoms with van der Waals surface area (Å²) in [7, 11) is 0. The molecule has 21 heavy (non-hydrogen) atoms. The maximum atomic E-state index is 11.9. The number of aromatic amines is 1. The van der Waals surface area contributed by atoms with Gasteiger partial charge in [-0.25, -0.2) is 9.67 Å². The average Bonchev–Trinajstić information content (AvgIpc) is 2.98. The fourth-order valence-corrected chi connectivity index (χ4v) is 2.91. The van der Waals surface area contributed by atoms with E-state index in [9.17, 15) is 4.79 Å². The molecule has 0 saturated heterocycles. The second-order valence-corrected chi connectivity index (χ2v) is 6.13. The third kappa shape index (κ3) is 2.72. The lowest BCUT2D eigenvalue weighted by Gasteiger charge is -2.00. The number of rotatable bonds is 5. The van der Waals surface area contributed by atoms with Crippen LogP contribution < -0.4 is 10.9 Å². The van der Waals surface area contributed by atoms with Crippen LogP contribution in [0.4, 0.5) is 0 Å². The molecule has 0 atom stereocenters. The number of hydrogen-bond acceptors (Lipinski definition) is 6. The normalized spacial score (nSPS) is 14.9. The molecule has 0 bridgehead atoms. The summed E-state index contributed by atoms with van der Waals surface area (Å²) >= 11 is 1.40. The first-order chi connectivity index (χ1) is 10.3. The molecule has 0 amide bonds. The highest BCUT2D eigenvalue weighted by molar-refractivity contribution is 7.17. The van der Waals surface area contributed by atoms with Gasteiger partial charge in [-0.15, -0.1) is 16.4 Å². The van der Waals surface area contributed by atoms with Crippen LogP contribution in [0.25, 0.3) is 10.2 Å². The topological polar surface area (TPSA) is 88.5 Å². The molecule has 3 heterocycles. The number of hydrogen-bond donors (Lipinski definition) is 2. The van der Waals surface area contributed by atoms with Gasteiger partial charge < -0.3 is 10.3 Å². The average molecular weight is 302 g/mol. The summed E-state index contributed by atoms with van der Waals surface area (Å²) in [4.78, 5) is 19.1. The standard InChI is InChI=1S/C13H14N6OS/c20-13-12-10(3-4-21-12)15-11(16-13)7-19-6-9(17-18-19)5-14-8-1-2-8/h3-4,6,8,14H,1-2,5,7H2,(H,15,16,20). The minimum absolute atomic E-state index is 0.0965. The lowest BCUT2D eigenvalue weighted by molar-refractivity contribution is 0.624. The van der Waals surface area contributed by atoms with Gasteiger partial charge in [-0.1, -0.05) is 5.21 Å². The van der Waals surface area contributed by atoms with E-state index in [1.807, 2.05) is 17.6 Å². The van der Waals surface area contributed by atoms with Crippen LogP contribution in [-0.2, 0) is 13.1 Å². The van der Waals surface area contributed by atoms with Crippen LogP contribution in [-0.4, -0.2) is 31.0 Å². The zero-order chi connectivity index (χ0) is 14.2. The molecule has 0 radical (unpaired) electrons. The second kappa shape index (κ2) is 5.05. The van der Waals surface area contributed by atoms with Gasteiger partial charge in [0.15, 0.2) is 0 Å². The van der Waals surface area contributed by atoms with E-state index in [0.29, 0.717) is 23.1 Å². The predicted octanol–water partition coefficient (Wildman–Crippen LogP) is 0.876. The molecular formula is C13H14N6OS. The van der Waals surface area contributed by atoms with Gasteiger partial charge in [-0.05, 0) is 24.3 Å². The Morgan fingerprint density at radius 2 is 2.38 bits per heavy atom. The predicted molar refractivity (Wildman–Crippen MR) is 79.2 cm³/mol. The summed E-state index contributed by atoms with van der Waals surface area (Å²) in [6, 6.07) is 2.50. The Labute approximate surface area is 124 Å². The van der Waals surface area contributed by atoms with Crippen LogP contribution >= 0.6 is 11.3 Å². The van der Waals surface area contributed by atoms with Crippen molar-refractivity contribution in [2.75, 3.05) is 0 Å². The smallest absolute Gasteiger partial charge is 0.268 e. The van der Waals surface area contributed by atoms with E-state index in [-0.39, 0.29) is 5.56 Å². The summed E-state index contributed by atoms with van der Waals surface area (Å²) in [5, 5.41) is 13.5. The van der Waals surface area contributed by atoms with E-state index in [0.717, 1.165) is 17.8 Å². The molecule has 1 fully saturated rings. The maximum absolute atomic E-state index is 11.9. The van der Waals surface area contributed by atoms with E-state index in [4.69, 9.17) is 0 Å². The van der Waals surface area contributed by atoms with E-state index in [2.05, 4.69) is 25.6 Å². The largest absolute Gasteiger partial charge is 0.308 e. The zero-order valence-corrected chi connectivity index (χ0v) is 12.1. The maximum Gasteiger partial charge on any atom is 0.268 e. The van der Waals surface area contributed by atoms with Gasteiger partial charge in [-0.2, -0.15) is 0 Å². The van der Waals surface area contributed by atoms with E-state index in [1.165, 1.54) is 24.2 Å². The van der Waals surface area contributed by atoms with Crippen LogP contribution in [0.5, 0.6) is 0 Å². The van der Waals surface area contributed by atoms with Crippen molar-refractivity contribution < 1.29 is 0 Å². The Morgan fingerprint density at radius 1 is 1.48 bits per heavy atom. The molecule has 108 valence electrons. The minimum atomic E-state index is -0.0965. The Kier molecular flexibility index (Phi) is 3.04. The van der Waals surface area contributed by atoms with Crippen LogP contribution in [0.15, 0.2) is 22.4 Å². The molecule has 1 aliphatic rings. The van der Waals surface area contributed by atoms with E-state index < -0.39 is 0 Å². The second-order valence-electron chi connectivity index (χ2n) is 5.21. The number of nitrogens with one attached hydrogen (secondary N) is 2. The van der Waals surface area contributed by atoms with Crippen LogP contribution in [0.2, 0.25) is 0 Å². The summed E-state index contributed by atoms with van der Waals surface area (Å²) in [5.41, 5.74) is 1.54. The van der Waals surface area contributed by atoms with Crippen molar-refractivity contribution in [2.24, 2.45) is 0 Å². The number of nitrogens with zero attached hydrogens (tertiary/aromatic N) is 4. The Morgan fingerprint density at radius 3 is 3.24 bits per heavy atom. The first-order valence-corrected chi connectivity index (χ1v) is 7.75. The SMILES string of the molecule is O=c1[nH]c(Cn2cc(CNC3CC3)nn2)nc2ccsc12. The molecule has 0 unspecified atom stereocenters. The monoisotopic (exact) mass is 302 g/mol. The molecule has 8 heteroatoms. The molecule has 0 aliphatic heterocycles. The number of H-pyrrole nitrogens is 1.